The Morgan fingerprint density at radius 3 is 2.29 bits per heavy atom. The first-order valence-corrected chi connectivity index (χ1v) is 11.8. The zero-order valence-electron chi connectivity index (χ0n) is 19.6. The number of rotatable bonds is 7. The molecule has 9 nitrogen and oxygen atoms in total. The highest BCUT2D eigenvalue weighted by Gasteiger charge is 2.32. The van der Waals surface area contributed by atoms with Gasteiger partial charge in [0, 0.05) is 50.0 Å². The molecule has 35 heavy (non-hydrogen) atoms. The second-order valence-electron chi connectivity index (χ2n) is 8.47. The van der Waals surface area contributed by atoms with Gasteiger partial charge >= 0.3 is 5.82 Å². The predicted octanol–water partition coefficient (Wildman–Crippen LogP) is 4.19. The molecule has 1 fully saturated rings. The van der Waals surface area contributed by atoms with E-state index in [1.54, 1.807) is 12.5 Å². The van der Waals surface area contributed by atoms with Crippen LogP contribution in [-0.2, 0) is 13.0 Å². The van der Waals surface area contributed by atoms with E-state index in [0.29, 0.717) is 31.9 Å². The Labute approximate surface area is 203 Å². The first kappa shape index (κ1) is 22.5. The van der Waals surface area contributed by atoms with Crippen LogP contribution in [0, 0.1) is 10.1 Å². The molecule has 0 spiro atoms. The van der Waals surface area contributed by atoms with Gasteiger partial charge in [0.1, 0.15) is 6.33 Å². The van der Waals surface area contributed by atoms with Gasteiger partial charge in [-0.1, -0.05) is 49.4 Å². The van der Waals surface area contributed by atoms with Crippen LogP contribution in [0.2, 0.25) is 0 Å². The maximum atomic E-state index is 11.9. The number of hydrogen-bond acceptors (Lipinski definition) is 7. The summed E-state index contributed by atoms with van der Waals surface area (Å²) in [4.78, 5) is 28.7. The standard InChI is InChI=1S/C26H27N7O2/c1-2-24-29-25(33(34)35)26(32(24)18-20-6-4-3-5-7-20)31-16-14-30(15-17-31)22-10-8-21(9-11-22)23-12-13-27-19-28-23/h3-13,19H,2,14-18H2,1H3. The van der Waals surface area contributed by atoms with Crippen molar-refractivity contribution < 1.29 is 4.92 Å². The summed E-state index contributed by atoms with van der Waals surface area (Å²) in [6.07, 6.45) is 3.92. The number of aryl methyl sites for hydroxylation is 1. The van der Waals surface area contributed by atoms with Gasteiger partial charge < -0.3 is 19.9 Å². The lowest BCUT2D eigenvalue weighted by Crippen LogP contribution is -2.47. The van der Waals surface area contributed by atoms with Gasteiger partial charge in [-0.15, -0.1) is 0 Å². The lowest BCUT2D eigenvalue weighted by atomic mass is 10.1. The second kappa shape index (κ2) is 9.92. The van der Waals surface area contributed by atoms with Crippen LogP contribution in [0.1, 0.15) is 18.3 Å². The van der Waals surface area contributed by atoms with Crippen LogP contribution in [0.25, 0.3) is 11.3 Å². The third-order valence-electron chi connectivity index (χ3n) is 6.36. The largest absolute Gasteiger partial charge is 0.406 e. The SMILES string of the molecule is CCc1nc([N+](=O)[O-])c(N2CCN(c3ccc(-c4ccncn4)cc3)CC2)n1Cc1ccccc1. The summed E-state index contributed by atoms with van der Waals surface area (Å²) in [6.45, 7) is 5.44. The average molecular weight is 470 g/mol. The molecule has 2 aromatic carbocycles. The first-order chi connectivity index (χ1) is 17.1. The minimum Gasteiger partial charge on any atom is -0.368 e. The quantitative estimate of drug-likeness (QED) is 0.296. The highest BCUT2D eigenvalue weighted by molar-refractivity contribution is 5.63. The summed E-state index contributed by atoms with van der Waals surface area (Å²) < 4.78 is 2.01. The molecule has 9 heteroatoms. The van der Waals surface area contributed by atoms with E-state index < -0.39 is 0 Å². The average Bonchev–Trinajstić information content (AvgIpc) is 3.28. The summed E-state index contributed by atoms with van der Waals surface area (Å²) >= 11 is 0. The number of piperazine rings is 1. The van der Waals surface area contributed by atoms with Crippen LogP contribution in [0.3, 0.4) is 0 Å². The number of imidazole rings is 1. The molecule has 178 valence electrons. The lowest BCUT2D eigenvalue weighted by Gasteiger charge is -2.37. The van der Waals surface area contributed by atoms with Crippen molar-refractivity contribution in [1.82, 2.24) is 19.5 Å². The predicted molar refractivity (Wildman–Crippen MR) is 136 cm³/mol. The minimum atomic E-state index is -0.353. The molecule has 0 aliphatic carbocycles. The Morgan fingerprint density at radius 2 is 1.66 bits per heavy atom. The summed E-state index contributed by atoms with van der Waals surface area (Å²) in [6, 6.07) is 20.3. The molecule has 1 aliphatic heterocycles. The van der Waals surface area contributed by atoms with Crippen molar-refractivity contribution >= 4 is 17.3 Å². The van der Waals surface area contributed by atoms with Gasteiger partial charge in [0.2, 0.25) is 11.6 Å². The van der Waals surface area contributed by atoms with Crippen molar-refractivity contribution in [3.63, 3.8) is 0 Å². The fourth-order valence-corrected chi connectivity index (χ4v) is 4.59. The van der Waals surface area contributed by atoms with Crippen molar-refractivity contribution in [2.45, 2.75) is 19.9 Å². The molecule has 0 saturated carbocycles. The monoisotopic (exact) mass is 469 g/mol. The maximum absolute atomic E-state index is 11.9. The zero-order chi connectivity index (χ0) is 24.2. The van der Waals surface area contributed by atoms with Crippen LogP contribution in [-0.4, -0.2) is 50.6 Å². The Morgan fingerprint density at radius 1 is 0.943 bits per heavy atom. The Kier molecular flexibility index (Phi) is 6.38. The Balaban J connectivity index is 1.36. The van der Waals surface area contributed by atoms with Crippen molar-refractivity contribution in [2.75, 3.05) is 36.0 Å². The van der Waals surface area contributed by atoms with E-state index in [0.717, 1.165) is 41.4 Å². The third-order valence-corrected chi connectivity index (χ3v) is 6.36. The molecule has 0 N–H and O–H groups in total. The van der Waals surface area contributed by atoms with Crippen molar-refractivity contribution in [3.05, 3.63) is 94.7 Å². The van der Waals surface area contributed by atoms with Crippen LogP contribution >= 0.6 is 0 Å². The van der Waals surface area contributed by atoms with Crippen LogP contribution < -0.4 is 9.80 Å². The topological polar surface area (TPSA) is 93.2 Å². The van der Waals surface area contributed by atoms with E-state index in [2.05, 4.69) is 49.0 Å². The van der Waals surface area contributed by atoms with Crippen molar-refractivity contribution in [2.24, 2.45) is 0 Å². The van der Waals surface area contributed by atoms with Crippen LogP contribution in [0.4, 0.5) is 17.3 Å². The van der Waals surface area contributed by atoms with Gasteiger partial charge in [-0.3, -0.25) is 4.57 Å². The second-order valence-corrected chi connectivity index (χ2v) is 8.47. The van der Waals surface area contributed by atoms with Crippen molar-refractivity contribution in [3.8, 4) is 11.3 Å². The summed E-state index contributed by atoms with van der Waals surface area (Å²) in [7, 11) is 0. The number of nitro groups is 1. The number of benzene rings is 2. The van der Waals surface area contributed by atoms with E-state index in [1.165, 1.54) is 0 Å². The Hall–Kier alpha value is -4.27. The molecular weight excluding hydrogens is 442 g/mol. The number of nitrogens with zero attached hydrogens (tertiary/aromatic N) is 7. The van der Waals surface area contributed by atoms with E-state index >= 15 is 0 Å². The fraction of sp³-hybridized carbons (Fsp3) is 0.269. The van der Waals surface area contributed by atoms with Gasteiger partial charge in [0.05, 0.1) is 12.2 Å². The summed E-state index contributed by atoms with van der Waals surface area (Å²) in [5.41, 5.74) is 4.16. The molecule has 0 unspecified atom stereocenters. The maximum Gasteiger partial charge on any atom is 0.406 e. The van der Waals surface area contributed by atoms with E-state index in [9.17, 15) is 10.1 Å². The van der Waals surface area contributed by atoms with Gasteiger partial charge in [-0.25, -0.2) is 9.97 Å². The van der Waals surface area contributed by atoms with E-state index in [1.807, 2.05) is 47.9 Å². The van der Waals surface area contributed by atoms with Gasteiger partial charge in [-0.05, 0) is 33.7 Å². The number of hydrogen-bond donors (Lipinski definition) is 0. The molecule has 4 aromatic rings. The lowest BCUT2D eigenvalue weighted by molar-refractivity contribution is -0.388. The normalized spacial score (nSPS) is 13.7. The van der Waals surface area contributed by atoms with E-state index in [-0.39, 0.29) is 10.7 Å². The van der Waals surface area contributed by atoms with Crippen molar-refractivity contribution in [1.29, 1.82) is 0 Å². The first-order valence-electron chi connectivity index (χ1n) is 11.8. The van der Waals surface area contributed by atoms with Crippen LogP contribution in [0.15, 0.2) is 73.2 Å². The smallest absolute Gasteiger partial charge is 0.368 e. The zero-order valence-corrected chi connectivity index (χ0v) is 19.6. The molecule has 0 amide bonds. The van der Waals surface area contributed by atoms with Crippen LogP contribution in [0.5, 0.6) is 0 Å². The molecule has 0 radical (unpaired) electrons. The molecular formula is C26H27N7O2. The van der Waals surface area contributed by atoms with Gasteiger partial charge in [0.15, 0.2) is 0 Å². The summed E-state index contributed by atoms with van der Waals surface area (Å²) in [5, 5.41) is 11.9. The number of anilines is 2. The molecule has 1 saturated heterocycles. The molecule has 2 aromatic heterocycles. The fourth-order valence-electron chi connectivity index (χ4n) is 4.59. The Bertz CT molecular complexity index is 1280. The molecule has 1 aliphatic rings. The molecule has 3 heterocycles. The van der Waals surface area contributed by atoms with Gasteiger partial charge in [0.25, 0.3) is 0 Å². The molecule has 0 atom stereocenters. The molecule has 0 bridgehead atoms. The van der Waals surface area contributed by atoms with Gasteiger partial charge in [-0.2, -0.15) is 0 Å². The number of aromatic nitrogens is 4. The third kappa shape index (κ3) is 4.70. The highest BCUT2D eigenvalue weighted by atomic mass is 16.6. The molecule has 5 rings (SSSR count). The van der Waals surface area contributed by atoms with E-state index in [4.69, 9.17) is 0 Å². The highest BCUT2D eigenvalue weighted by Crippen LogP contribution is 2.32. The minimum absolute atomic E-state index is 0.0552. The summed E-state index contributed by atoms with van der Waals surface area (Å²) in [5.74, 6) is 1.29.